The van der Waals surface area contributed by atoms with Crippen LogP contribution >= 0.6 is 11.6 Å². The molecule has 0 spiro atoms. The van der Waals surface area contributed by atoms with Gasteiger partial charge in [-0.3, -0.25) is 4.79 Å². The minimum Gasteiger partial charge on any atom is -0.288 e. The van der Waals surface area contributed by atoms with Gasteiger partial charge in [-0.15, -0.1) is 11.6 Å². The fraction of sp³-hybridized carbons (Fsp3) is 0.286. The molecule has 1 aromatic heterocycles. The van der Waals surface area contributed by atoms with Crippen LogP contribution in [-0.2, 0) is 12.3 Å². The first-order valence-corrected chi connectivity index (χ1v) is 6.45. The van der Waals surface area contributed by atoms with E-state index in [-0.39, 0.29) is 11.3 Å². The summed E-state index contributed by atoms with van der Waals surface area (Å²) in [6.45, 7) is 3.97. The molecule has 0 aliphatic carbocycles. The molecule has 0 aliphatic rings. The van der Waals surface area contributed by atoms with E-state index in [1.165, 1.54) is 5.56 Å². The third-order valence-electron chi connectivity index (χ3n) is 2.91. The highest BCUT2D eigenvalue weighted by Crippen LogP contribution is 2.15. The molecule has 0 amide bonds. The highest BCUT2D eigenvalue weighted by Gasteiger charge is 2.09. The van der Waals surface area contributed by atoms with Gasteiger partial charge in [0.25, 0.3) is 0 Å². The SMILES string of the molecule is CCc1ccccc1-n1nc(CCl)c(=O)cc1C. The molecular formula is C14H15ClN2O. The fourth-order valence-corrected chi connectivity index (χ4v) is 2.12. The second-order valence-corrected chi connectivity index (χ2v) is 4.39. The lowest BCUT2D eigenvalue weighted by Crippen LogP contribution is -2.18. The molecular weight excluding hydrogens is 248 g/mol. The molecule has 1 heterocycles. The highest BCUT2D eigenvalue weighted by atomic mass is 35.5. The Morgan fingerprint density at radius 3 is 2.72 bits per heavy atom. The van der Waals surface area contributed by atoms with Gasteiger partial charge in [0.05, 0.1) is 11.6 Å². The number of halogens is 1. The van der Waals surface area contributed by atoms with Crippen molar-refractivity contribution in [2.75, 3.05) is 0 Å². The first-order valence-electron chi connectivity index (χ1n) is 5.91. The number of aryl methyl sites for hydroxylation is 2. The van der Waals surface area contributed by atoms with Gasteiger partial charge in [0.1, 0.15) is 5.69 Å². The van der Waals surface area contributed by atoms with Crippen LogP contribution in [0.3, 0.4) is 0 Å². The van der Waals surface area contributed by atoms with Crippen LogP contribution in [0.1, 0.15) is 23.9 Å². The van der Waals surface area contributed by atoms with Gasteiger partial charge in [0.2, 0.25) is 5.43 Å². The Balaban J connectivity index is 2.67. The molecule has 0 saturated carbocycles. The summed E-state index contributed by atoms with van der Waals surface area (Å²) in [5.74, 6) is 0.132. The lowest BCUT2D eigenvalue weighted by Gasteiger charge is -2.13. The Morgan fingerprint density at radius 1 is 1.33 bits per heavy atom. The van der Waals surface area contributed by atoms with E-state index in [4.69, 9.17) is 11.6 Å². The van der Waals surface area contributed by atoms with Crippen LogP contribution < -0.4 is 5.43 Å². The topological polar surface area (TPSA) is 34.9 Å². The molecule has 3 nitrogen and oxygen atoms in total. The zero-order chi connectivity index (χ0) is 13.1. The van der Waals surface area contributed by atoms with E-state index in [0.717, 1.165) is 17.8 Å². The van der Waals surface area contributed by atoms with Crippen molar-refractivity contribution in [1.29, 1.82) is 0 Å². The molecule has 1 aromatic carbocycles. The Bertz CT molecular complexity index is 619. The maximum absolute atomic E-state index is 11.6. The molecule has 0 N–H and O–H groups in total. The minimum absolute atomic E-state index is 0.104. The Hall–Kier alpha value is -1.61. The summed E-state index contributed by atoms with van der Waals surface area (Å²) in [6, 6.07) is 9.62. The minimum atomic E-state index is -0.104. The summed E-state index contributed by atoms with van der Waals surface area (Å²) in [6.07, 6.45) is 0.916. The van der Waals surface area contributed by atoms with Crippen LogP contribution in [0.4, 0.5) is 0 Å². The quantitative estimate of drug-likeness (QED) is 0.798. The van der Waals surface area contributed by atoms with Crippen molar-refractivity contribution in [2.45, 2.75) is 26.1 Å². The molecule has 0 radical (unpaired) electrons. The molecule has 0 fully saturated rings. The van der Waals surface area contributed by atoms with Gasteiger partial charge in [-0.05, 0) is 25.0 Å². The monoisotopic (exact) mass is 262 g/mol. The van der Waals surface area contributed by atoms with Gasteiger partial charge in [0.15, 0.2) is 0 Å². The summed E-state index contributed by atoms with van der Waals surface area (Å²) in [5, 5.41) is 4.34. The van der Waals surface area contributed by atoms with E-state index < -0.39 is 0 Å². The normalized spacial score (nSPS) is 10.6. The standard InChI is InChI=1S/C14H15ClN2O/c1-3-11-6-4-5-7-13(11)17-10(2)8-14(18)12(9-15)16-17/h4-8H,3,9H2,1-2H3. The second kappa shape index (κ2) is 5.36. The number of aromatic nitrogens is 2. The van der Waals surface area contributed by atoms with Crippen molar-refractivity contribution in [3.8, 4) is 5.69 Å². The molecule has 18 heavy (non-hydrogen) atoms. The zero-order valence-electron chi connectivity index (χ0n) is 10.5. The van der Waals surface area contributed by atoms with Crippen molar-refractivity contribution in [2.24, 2.45) is 0 Å². The molecule has 0 saturated heterocycles. The molecule has 0 aliphatic heterocycles. The summed E-state index contributed by atoms with van der Waals surface area (Å²) in [5.41, 5.74) is 3.29. The van der Waals surface area contributed by atoms with Crippen molar-refractivity contribution in [1.82, 2.24) is 9.78 Å². The number of para-hydroxylation sites is 1. The predicted octanol–water partition coefficient (Wildman–Crippen LogP) is 2.84. The van der Waals surface area contributed by atoms with E-state index in [2.05, 4.69) is 18.1 Å². The molecule has 94 valence electrons. The largest absolute Gasteiger partial charge is 0.288 e. The lowest BCUT2D eigenvalue weighted by atomic mass is 10.1. The second-order valence-electron chi connectivity index (χ2n) is 4.12. The smallest absolute Gasteiger partial charge is 0.204 e. The number of hydrogen-bond donors (Lipinski definition) is 0. The lowest BCUT2D eigenvalue weighted by molar-refractivity contribution is 0.764. The first-order chi connectivity index (χ1) is 8.67. The number of alkyl halides is 1. The van der Waals surface area contributed by atoms with Crippen LogP contribution in [0.5, 0.6) is 0 Å². The highest BCUT2D eigenvalue weighted by molar-refractivity contribution is 6.16. The van der Waals surface area contributed by atoms with Crippen LogP contribution in [-0.4, -0.2) is 9.78 Å². The fourth-order valence-electron chi connectivity index (χ4n) is 1.94. The average Bonchev–Trinajstić information content (AvgIpc) is 2.39. The van der Waals surface area contributed by atoms with E-state index in [1.807, 2.05) is 25.1 Å². The maximum atomic E-state index is 11.6. The Morgan fingerprint density at radius 2 is 2.06 bits per heavy atom. The Labute approximate surface area is 111 Å². The number of benzene rings is 1. The van der Waals surface area contributed by atoms with E-state index in [1.54, 1.807) is 10.7 Å². The van der Waals surface area contributed by atoms with Gasteiger partial charge < -0.3 is 0 Å². The average molecular weight is 263 g/mol. The van der Waals surface area contributed by atoms with E-state index in [0.29, 0.717) is 5.69 Å². The van der Waals surface area contributed by atoms with Crippen molar-refractivity contribution < 1.29 is 0 Å². The third-order valence-corrected chi connectivity index (χ3v) is 3.16. The molecule has 2 aromatic rings. The van der Waals surface area contributed by atoms with Crippen LogP contribution in [0, 0.1) is 6.92 Å². The molecule has 0 unspecified atom stereocenters. The van der Waals surface area contributed by atoms with Crippen molar-refractivity contribution in [3.63, 3.8) is 0 Å². The number of rotatable bonds is 3. The molecule has 2 rings (SSSR count). The zero-order valence-corrected chi connectivity index (χ0v) is 11.2. The van der Waals surface area contributed by atoms with Crippen molar-refractivity contribution in [3.05, 3.63) is 57.5 Å². The van der Waals surface area contributed by atoms with Crippen molar-refractivity contribution >= 4 is 11.6 Å². The summed E-state index contributed by atoms with van der Waals surface area (Å²) in [4.78, 5) is 11.6. The maximum Gasteiger partial charge on any atom is 0.204 e. The van der Waals surface area contributed by atoms with Gasteiger partial charge in [-0.25, -0.2) is 4.68 Å². The van der Waals surface area contributed by atoms with Crippen LogP contribution in [0.25, 0.3) is 5.69 Å². The summed E-state index contributed by atoms with van der Waals surface area (Å²) >= 11 is 5.74. The summed E-state index contributed by atoms with van der Waals surface area (Å²) in [7, 11) is 0. The first kappa shape index (κ1) is 12.8. The summed E-state index contributed by atoms with van der Waals surface area (Å²) < 4.78 is 1.79. The van der Waals surface area contributed by atoms with Gasteiger partial charge in [-0.2, -0.15) is 5.10 Å². The van der Waals surface area contributed by atoms with Gasteiger partial charge in [-0.1, -0.05) is 25.1 Å². The van der Waals surface area contributed by atoms with E-state index >= 15 is 0 Å². The number of nitrogens with zero attached hydrogens (tertiary/aromatic N) is 2. The van der Waals surface area contributed by atoms with Crippen LogP contribution in [0.2, 0.25) is 0 Å². The molecule has 0 atom stereocenters. The predicted molar refractivity (Wildman–Crippen MR) is 73.5 cm³/mol. The van der Waals surface area contributed by atoms with Crippen LogP contribution in [0.15, 0.2) is 35.1 Å². The Kier molecular flexibility index (Phi) is 3.82. The molecule has 4 heteroatoms. The van der Waals surface area contributed by atoms with Gasteiger partial charge >= 0.3 is 0 Å². The number of hydrogen-bond acceptors (Lipinski definition) is 2. The molecule has 0 bridgehead atoms. The third kappa shape index (κ3) is 2.31. The van der Waals surface area contributed by atoms with Gasteiger partial charge in [0, 0.05) is 11.8 Å². The van der Waals surface area contributed by atoms with E-state index in [9.17, 15) is 4.79 Å².